The highest BCUT2D eigenvalue weighted by Crippen LogP contribution is 2.16. The van der Waals surface area contributed by atoms with Gasteiger partial charge in [0.05, 0.1) is 0 Å². The molecule has 0 aliphatic carbocycles. The summed E-state index contributed by atoms with van der Waals surface area (Å²) in [5.41, 5.74) is 2.89. The van der Waals surface area contributed by atoms with Gasteiger partial charge in [-0.25, -0.2) is 4.98 Å². The van der Waals surface area contributed by atoms with Crippen molar-refractivity contribution >= 4 is 0 Å². The first-order valence-corrected chi connectivity index (χ1v) is 5.92. The Labute approximate surface area is 97.4 Å². The molecule has 1 heterocycles. The molecule has 0 saturated heterocycles. The van der Waals surface area contributed by atoms with E-state index in [1.54, 1.807) is 6.33 Å². The van der Waals surface area contributed by atoms with Crippen LogP contribution in [0.4, 0.5) is 0 Å². The van der Waals surface area contributed by atoms with Gasteiger partial charge in [0.25, 0.3) is 0 Å². The zero-order valence-corrected chi connectivity index (χ0v) is 10.6. The van der Waals surface area contributed by atoms with Crippen LogP contribution in [0.2, 0.25) is 0 Å². The second-order valence-corrected chi connectivity index (χ2v) is 4.57. The third-order valence-electron chi connectivity index (χ3n) is 3.30. The Bertz CT molecular complexity index is 307. The van der Waals surface area contributed by atoms with Crippen LogP contribution >= 0.6 is 0 Å². The standard InChI is InChI=1S/C11H23N5/c1-5-16-11(13-7-14-16)6-10(15-12)9(4)8(2)3/h7-10,15H,5-6,12H2,1-4H3. The molecule has 0 aliphatic heterocycles. The van der Waals surface area contributed by atoms with Crippen LogP contribution in [0.1, 0.15) is 33.5 Å². The van der Waals surface area contributed by atoms with Crippen molar-refractivity contribution in [2.75, 3.05) is 0 Å². The summed E-state index contributed by atoms with van der Waals surface area (Å²) in [6.45, 7) is 9.54. The summed E-state index contributed by atoms with van der Waals surface area (Å²) < 4.78 is 1.91. The molecule has 2 atom stereocenters. The number of aryl methyl sites for hydroxylation is 1. The molecule has 2 unspecified atom stereocenters. The second-order valence-electron chi connectivity index (χ2n) is 4.57. The summed E-state index contributed by atoms with van der Waals surface area (Å²) in [4.78, 5) is 4.27. The lowest BCUT2D eigenvalue weighted by Crippen LogP contribution is -2.43. The van der Waals surface area contributed by atoms with E-state index in [1.165, 1.54) is 0 Å². The average Bonchev–Trinajstić information content (AvgIpc) is 2.71. The fourth-order valence-corrected chi connectivity index (χ4v) is 1.77. The number of nitrogens with zero attached hydrogens (tertiary/aromatic N) is 3. The number of hydrogen-bond donors (Lipinski definition) is 2. The van der Waals surface area contributed by atoms with E-state index >= 15 is 0 Å². The minimum absolute atomic E-state index is 0.245. The highest BCUT2D eigenvalue weighted by atomic mass is 15.3. The van der Waals surface area contributed by atoms with Gasteiger partial charge in [-0.1, -0.05) is 20.8 Å². The molecular weight excluding hydrogens is 202 g/mol. The van der Waals surface area contributed by atoms with Crippen molar-refractivity contribution in [3.05, 3.63) is 12.2 Å². The minimum Gasteiger partial charge on any atom is -0.271 e. The molecule has 92 valence electrons. The molecule has 0 aliphatic rings. The van der Waals surface area contributed by atoms with Crippen molar-refractivity contribution in [3.8, 4) is 0 Å². The normalized spacial score (nSPS) is 15.4. The molecule has 1 aromatic rings. The molecule has 3 N–H and O–H groups in total. The van der Waals surface area contributed by atoms with Crippen LogP contribution < -0.4 is 11.3 Å². The predicted molar refractivity (Wildman–Crippen MR) is 64.5 cm³/mol. The molecule has 0 spiro atoms. The van der Waals surface area contributed by atoms with Crippen LogP contribution in [0, 0.1) is 11.8 Å². The van der Waals surface area contributed by atoms with Crippen molar-refractivity contribution < 1.29 is 0 Å². The van der Waals surface area contributed by atoms with E-state index < -0.39 is 0 Å². The van der Waals surface area contributed by atoms with Crippen LogP contribution in [0.15, 0.2) is 6.33 Å². The van der Waals surface area contributed by atoms with Gasteiger partial charge in [-0.2, -0.15) is 5.10 Å². The molecule has 0 aromatic carbocycles. The summed E-state index contributed by atoms with van der Waals surface area (Å²) in [6.07, 6.45) is 2.43. The Kier molecular flexibility index (Phi) is 4.89. The Morgan fingerprint density at radius 3 is 2.62 bits per heavy atom. The van der Waals surface area contributed by atoms with Gasteiger partial charge >= 0.3 is 0 Å². The topological polar surface area (TPSA) is 68.8 Å². The lowest BCUT2D eigenvalue weighted by molar-refractivity contribution is 0.293. The molecule has 0 radical (unpaired) electrons. The molecule has 0 amide bonds. The van der Waals surface area contributed by atoms with Gasteiger partial charge in [-0.15, -0.1) is 0 Å². The van der Waals surface area contributed by atoms with Crippen LogP contribution in [-0.4, -0.2) is 20.8 Å². The van der Waals surface area contributed by atoms with Crippen LogP contribution in [-0.2, 0) is 13.0 Å². The molecule has 16 heavy (non-hydrogen) atoms. The van der Waals surface area contributed by atoms with Crippen molar-refractivity contribution in [2.45, 2.75) is 46.7 Å². The Morgan fingerprint density at radius 1 is 1.44 bits per heavy atom. The third-order valence-corrected chi connectivity index (χ3v) is 3.30. The first kappa shape index (κ1) is 13.1. The van der Waals surface area contributed by atoms with E-state index in [0.717, 1.165) is 18.8 Å². The molecule has 1 aromatic heterocycles. The minimum atomic E-state index is 0.245. The number of aromatic nitrogens is 3. The lowest BCUT2D eigenvalue weighted by Gasteiger charge is -2.25. The van der Waals surface area contributed by atoms with Gasteiger partial charge in [0, 0.05) is 19.0 Å². The van der Waals surface area contributed by atoms with E-state index in [-0.39, 0.29) is 6.04 Å². The zero-order valence-electron chi connectivity index (χ0n) is 10.6. The summed E-state index contributed by atoms with van der Waals surface area (Å²) >= 11 is 0. The molecule has 0 saturated carbocycles. The van der Waals surface area contributed by atoms with Crippen molar-refractivity contribution in [2.24, 2.45) is 17.7 Å². The Balaban J connectivity index is 2.70. The molecule has 5 heteroatoms. The van der Waals surface area contributed by atoms with Crippen LogP contribution in [0.3, 0.4) is 0 Å². The quantitative estimate of drug-likeness (QED) is 0.559. The highest BCUT2D eigenvalue weighted by Gasteiger charge is 2.21. The van der Waals surface area contributed by atoms with Crippen LogP contribution in [0.5, 0.6) is 0 Å². The largest absolute Gasteiger partial charge is 0.271 e. The average molecular weight is 225 g/mol. The van der Waals surface area contributed by atoms with E-state index in [2.05, 4.69) is 43.2 Å². The lowest BCUT2D eigenvalue weighted by atomic mass is 9.89. The third kappa shape index (κ3) is 3.02. The fourth-order valence-electron chi connectivity index (χ4n) is 1.77. The second kappa shape index (κ2) is 5.96. The molecule has 0 bridgehead atoms. The number of nitrogens with two attached hydrogens (primary N) is 1. The maximum Gasteiger partial charge on any atom is 0.138 e. The summed E-state index contributed by atoms with van der Waals surface area (Å²) in [5, 5.41) is 4.16. The molecule has 0 fully saturated rings. The molecule has 5 nitrogen and oxygen atoms in total. The summed E-state index contributed by atoms with van der Waals surface area (Å²) in [6, 6.07) is 0.245. The first-order chi connectivity index (χ1) is 7.60. The van der Waals surface area contributed by atoms with E-state index in [9.17, 15) is 0 Å². The molecule has 1 rings (SSSR count). The number of nitrogens with one attached hydrogen (secondary N) is 1. The Hall–Kier alpha value is -0.940. The fraction of sp³-hybridized carbons (Fsp3) is 0.818. The van der Waals surface area contributed by atoms with E-state index in [0.29, 0.717) is 11.8 Å². The van der Waals surface area contributed by atoms with E-state index in [4.69, 9.17) is 5.84 Å². The first-order valence-electron chi connectivity index (χ1n) is 5.92. The maximum atomic E-state index is 5.61. The van der Waals surface area contributed by atoms with Gasteiger partial charge in [0.2, 0.25) is 0 Å². The van der Waals surface area contributed by atoms with Crippen molar-refractivity contribution in [1.82, 2.24) is 20.2 Å². The van der Waals surface area contributed by atoms with Gasteiger partial charge in [-0.05, 0) is 18.8 Å². The Morgan fingerprint density at radius 2 is 2.12 bits per heavy atom. The smallest absolute Gasteiger partial charge is 0.138 e. The van der Waals surface area contributed by atoms with Gasteiger partial charge in [0.1, 0.15) is 12.2 Å². The monoisotopic (exact) mass is 225 g/mol. The van der Waals surface area contributed by atoms with Gasteiger partial charge in [0.15, 0.2) is 0 Å². The summed E-state index contributed by atoms with van der Waals surface area (Å²) in [5.74, 6) is 7.71. The maximum absolute atomic E-state index is 5.61. The van der Waals surface area contributed by atoms with Gasteiger partial charge < -0.3 is 0 Å². The number of rotatable bonds is 6. The summed E-state index contributed by atoms with van der Waals surface area (Å²) in [7, 11) is 0. The number of hydrogen-bond acceptors (Lipinski definition) is 4. The van der Waals surface area contributed by atoms with Crippen molar-refractivity contribution in [3.63, 3.8) is 0 Å². The van der Waals surface area contributed by atoms with Crippen LogP contribution in [0.25, 0.3) is 0 Å². The van der Waals surface area contributed by atoms with Gasteiger partial charge in [-0.3, -0.25) is 16.0 Å². The molecular formula is C11H23N5. The number of hydrazine groups is 1. The zero-order chi connectivity index (χ0) is 12.1. The van der Waals surface area contributed by atoms with E-state index in [1.807, 2.05) is 4.68 Å². The highest BCUT2D eigenvalue weighted by molar-refractivity contribution is 4.91. The SMILES string of the molecule is CCn1ncnc1CC(NN)C(C)C(C)C. The predicted octanol–water partition coefficient (Wildman–Crippen LogP) is 0.964. The van der Waals surface area contributed by atoms with Crippen molar-refractivity contribution in [1.29, 1.82) is 0 Å².